The predicted octanol–water partition coefficient (Wildman–Crippen LogP) is 3.08. The first kappa shape index (κ1) is 16.5. The van der Waals surface area contributed by atoms with Crippen LogP contribution in [0.3, 0.4) is 0 Å². The van der Waals surface area contributed by atoms with Gasteiger partial charge in [-0.2, -0.15) is 0 Å². The van der Waals surface area contributed by atoms with Gasteiger partial charge in [-0.05, 0) is 37.3 Å². The normalized spacial score (nSPS) is 27.2. The summed E-state index contributed by atoms with van der Waals surface area (Å²) in [5, 5.41) is 14.0. The van der Waals surface area contributed by atoms with Gasteiger partial charge in [0.25, 0.3) is 0 Å². The van der Waals surface area contributed by atoms with Gasteiger partial charge in [0.15, 0.2) is 0 Å². The van der Waals surface area contributed by atoms with Crippen molar-refractivity contribution in [2.24, 2.45) is 5.92 Å². The van der Waals surface area contributed by atoms with Gasteiger partial charge >= 0.3 is 0 Å². The first-order valence-electron chi connectivity index (χ1n) is 8.07. The van der Waals surface area contributed by atoms with E-state index in [1.807, 2.05) is 6.92 Å². The highest BCUT2D eigenvalue weighted by molar-refractivity contribution is 5.25. The lowest BCUT2D eigenvalue weighted by Crippen LogP contribution is -2.46. The minimum Gasteiger partial charge on any atom is -0.386 e. The number of hydrogen-bond acceptors (Lipinski definition) is 3. The minimum absolute atomic E-state index is 0.0920. The van der Waals surface area contributed by atoms with E-state index >= 15 is 0 Å². The van der Waals surface area contributed by atoms with Gasteiger partial charge in [0.05, 0.1) is 6.10 Å². The van der Waals surface area contributed by atoms with Crippen LogP contribution < -0.4 is 5.32 Å². The topological polar surface area (TPSA) is 41.5 Å². The van der Waals surface area contributed by atoms with E-state index in [9.17, 15) is 5.11 Å². The van der Waals surface area contributed by atoms with Gasteiger partial charge in [-0.25, -0.2) is 0 Å². The first-order valence-corrected chi connectivity index (χ1v) is 8.07. The molecule has 1 heterocycles. The maximum absolute atomic E-state index is 10.5. The molecule has 1 fully saturated rings. The van der Waals surface area contributed by atoms with Crippen LogP contribution in [0.25, 0.3) is 0 Å². The fourth-order valence-corrected chi connectivity index (χ4v) is 2.86. The van der Waals surface area contributed by atoms with E-state index in [2.05, 4.69) is 50.4 Å². The van der Waals surface area contributed by atoms with E-state index in [4.69, 9.17) is 4.74 Å². The number of nitrogens with one attached hydrogen (secondary N) is 1. The molecule has 3 heteroatoms. The number of benzene rings is 1. The molecule has 1 aromatic rings. The molecule has 1 aromatic carbocycles. The highest BCUT2D eigenvalue weighted by atomic mass is 16.5. The van der Waals surface area contributed by atoms with Gasteiger partial charge in [-0.3, -0.25) is 0 Å². The third-order valence-corrected chi connectivity index (χ3v) is 4.50. The molecule has 2 N–H and O–H groups in total. The second-order valence-electron chi connectivity index (χ2n) is 6.81. The fraction of sp³-hybridized carbons (Fsp3) is 0.667. The van der Waals surface area contributed by atoms with Crippen molar-refractivity contribution in [3.8, 4) is 0 Å². The van der Waals surface area contributed by atoms with Crippen molar-refractivity contribution in [3.05, 3.63) is 35.4 Å². The van der Waals surface area contributed by atoms with Gasteiger partial charge in [-0.15, -0.1) is 0 Å². The van der Waals surface area contributed by atoms with Crippen molar-refractivity contribution >= 4 is 0 Å². The fourth-order valence-electron chi connectivity index (χ4n) is 2.86. The summed E-state index contributed by atoms with van der Waals surface area (Å²) in [7, 11) is 0. The summed E-state index contributed by atoms with van der Waals surface area (Å²) in [6, 6.07) is 9.03. The summed E-state index contributed by atoms with van der Waals surface area (Å²) in [6.07, 6.45) is 1.74. The maximum Gasteiger partial charge on any atom is 0.105 e. The van der Waals surface area contributed by atoms with Gasteiger partial charge in [-0.1, -0.05) is 38.1 Å². The van der Waals surface area contributed by atoms with Gasteiger partial charge in [0.2, 0.25) is 0 Å². The van der Waals surface area contributed by atoms with Crippen molar-refractivity contribution in [1.29, 1.82) is 0 Å². The zero-order chi connectivity index (χ0) is 15.5. The average Bonchev–Trinajstić information content (AvgIpc) is 2.77. The van der Waals surface area contributed by atoms with E-state index in [1.54, 1.807) is 0 Å². The quantitative estimate of drug-likeness (QED) is 0.846. The Hall–Kier alpha value is -0.900. The van der Waals surface area contributed by atoms with E-state index in [0.717, 1.165) is 6.42 Å². The highest BCUT2D eigenvalue weighted by Crippen LogP contribution is 2.26. The molecule has 21 heavy (non-hydrogen) atoms. The molecule has 0 aromatic heterocycles. The molecule has 118 valence electrons. The molecule has 0 spiro atoms. The standard InChI is InChI=1S/C18H29NO2/c1-13(2)11-16-5-7-17(8-6-16)14(3)19-12-18(20)9-10-21-15(18)4/h5-8,13-15,19-20H,9-12H2,1-4H3. The average molecular weight is 291 g/mol. The van der Waals surface area contributed by atoms with Crippen LogP contribution >= 0.6 is 0 Å². The molecule has 2 rings (SSSR count). The van der Waals surface area contributed by atoms with Crippen molar-refractivity contribution in [2.45, 2.75) is 58.3 Å². The zero-order valence-electron chi connectivity index (χ0n) is 13.7. The highest BCUT2D eigenvalue weighted by Gasteiger charge is 2.39. The summed E-state index contributed by atoms with van der Waals surface area (Å²) in [5.41, 5.74) is 1.92. The third kappa shape index (κ3) is 4.29. The summed E-state index contributed by atoms with van der Waals surface area (Å²) in [6.45, 7) is 9.79. The Morgan fingerprint density at radius 3 is 2.48 bits per heavy atom. The van der Waals surface area contributed by atoms with E-state index in [0.29, 0.717) is 25.5 Å². The largest absolute Gasteiger partial charge is 0.386 e. The Labute approximate surface area is 128 Å². The molecule has 1 aliphatic rings. The van der Waals surface area contributed by atoms with Crippen LogP contribution in [0.1, 0.15) is 51.3 Å². The first-order chi connectivity index (χ1) is 9.90. The lowest BCUT2D eigenvalue weighted by molar-refractivity contribution is -0.0274. The second kappa shape index (κ2) is 6.91. The van der Waals surface area contributed by atoms with Crippen LogP contribution in [0.4, 0.5) is 0 Å². The summed E-state index contributed by atoms with van der Waals surface area (Å²) >= 11 is 0. The van der Waals surface area contributed by atoms with Crippen LogP contribution in [0.2, 0.25) is 0 Å². The smallest absolute Gasteiger partial charge is 0.105 e. The Bertz CT molecular complexity index is 443. The second-order valence-corrected chi connectivity index (χ2v) is 6.81. The van der Waals surface area contributed by atoms with Crippen molar-refractivity contribution in [3.63, 3.8) is 0 Å². The molecule has 3 unspecified atom stereocenters. The number of hydrogen-bond donors (Lipinski definition) is 2. The molecule has 0 radical (unpaired) electrons. The summed E-state index contributed by atoms with van der Waals surface area (Å²) in [5.74, 6) is 0.685. The number of ether oxygens (including phenoxy) is 1. The van der Waals surface area contributed by atoms with Crippen LogP contribution in [0.15, 0.2) is 24.3 Å². The molecule has 0 aliphatic carbocycles. The van der Waals surface area contributed by atoms with Crippen LogP contribution in [-0.2, 0) is 11.2 Å². The maximum atomic E-state index is 10.5. The van der Waals surface area contributed by atoms with Crippen LogP contribution in [-0.4, -0.2) is 30.0 Å². The molecule has 3 nitrogen and oxygen atoms in total. The Kier molecular flexibility index (Phi) is 5.42. The Balaban J connectivity index is 1.89. The summed E-state index contributed by atoms with van der Waals surface area (Å²) < 4.78 is 5.47. The molecule has 1 saturated heterocycles. The Morgan fingerprint density at radius 2 is 1.95 bits per heavy atom. The van der Waals surface area contributed by atoms with E-state index < -0.39 is 5.60 Å². The monoisotopic (exact) mass is 291 g/mol. The van der Waals surface area contributed by atoms with Crippen molar-refractivity contribution < 1.29 is 9.84 Å². The zero-order valence-corrected chi connectivity index (χ0v) is 13.7. The molecule has 1 aliphatic heterocycles. The molecule has 0 bridgehead atoms. The molecule has 0 saturated carbocycles. The number of rotatable bonds is 6. The van der Waals surface area contributed by atoms with E-state index in [1.165, 1.54) is 11.1 Å². The van der Waals surface area contributed by atoms with Crippen molar-refractivity contribution in [2.75, 3.05) is 13.2 Å². The van der Waals surface area contributed by atoms with Gasteiger partial charge in [0.1, 0.15) is 5.60 Å². The lowest BCUT2D eigenvalue weighted by Gasteiger charge is -2.28. The Morgan fingerprint density at radius 1 is 1.29 bits per heavy atom. The molecule has 0 amide bonds. The molecular formula is C18H29NO2. The molecule has 3 atom stereocenters. The van der Waals surface area contributed by atoms with Gasteiger partial charge in [0, 0.05) is 25.6 Å². The van der Waals surface area contributed by atoms with Crippen LogP contribution in [0.5, 0.6) is 0 Å². The van der Waals surface area contributed by atoms with Crippen LogP contribution in [0, 0.1) is 5.92 Å². The lowest BCUT2D eigenvalue weighted by atomic mass is 9.95. The predicted molar refractivity (Wildman–Crippen MR) is 86.4 cm³/mol. The third-order valence-electron chi connectivity index (χ3n) is 4.50. The van der Waals surface area contributed by atoms with E-state index in [-0.39, 0.29) is 12.1 Å². The molecular weight excluding hydrogens is 262 g/mol. The number of aliphatic hydroxyl groups is 1. The summed E-state index contributed by atoms with van der Waals surface area (Å²) in [4.78, 5) is 0. The van der Waals surface area contributed by atoms with Crippen molar-refractivity contribution in [1.82, 2.24) is 5.32 Å². The minimum atomic E-state index is -0.730. The SMILES string of the molecule is CC(C)Cc1ccc(C(C)NCC2(O)CCOC2C)cc1. The van der Waals surface area contributed by atoms with Gasteiger partial charge < -0.3 is 15.2 Å².